The molecule has 0 aliphatic rings. The zero-order valence-electron chi connectivity index (χ0n) is 9.25. The number of hydrogen-bond donors (Lipinski definition) is 4. The molecule has 0 aliphatic carbocycles. The second-order valence-electron chi connectivity index (χ2n) is 3.14. The number of sulfonamides is 1. The summed E-state index contributed by atoms with van der Waals surface area (Å²) in [5.74, 6) is -2.51. The molecular formula is C8H13N3O6S. The highest BCUT2D eigenvalue weighted by molar-refractivity contribution is 7.89. The number of urea groups is 1. The van der Waals surface area contributed by atoms with Gasteiger partial charge in [-0.05, 0) is 6.42 Å². The number of rotatable bonds is 6. The summed E-state index contributed by atoms with van der Waals surface area (Å²) >= 11 is 0. The Balaban J connectivity index is 3.85. The third kappa shape index (κ3) is 10.6. The highest BCUT2D eigenvalue weighted by Crippen LogP contribution is 1.83. The number of primary sulfonamides is 1. The van der Waals surface area contributed by atoms with Gasteiger partial charge in [-0.15, -0.1) is 0 Å². The molecule has 5 N–H and O–H groups in total. The Morgan fingerprint density at radius 1 is 1.22 bits per heavy atom. The minimum atomic E-state index is -3.58. The number of aliphatic carboxylic acids is 1. The molecule has 0 bridgehead atoms. The van der Waals surface area contributed by atoms with E-state index < -0.39 is 27.9 Å². The predicted molar refractivity (Wildman–Crippen MR) is 60.9 cm³/mol. The topological polar surface area (TPSA) is 156 Å². The van der Waals surface area contributed by atoms with Crippen LogP contribution in [0.3, 0.4) is 0 Å². The van der Waals surface area contributed by atoms with Gasteiger partial charge in [-0.1, -0.05) is 0 Å². The molecule has 0 heterocycles. The number of carbonyl (C=O) groups excluding carboxylic acids is 2. The fraction of sp³-hybridized carbons (Fsp3) is 0.375. The molecular weight excluding hydrogens is 266 g/mol. The lowest BCUT2D eigenvalue weighted by molar-refractivity contribution is -0.131. The number of carboxylic acids is 1. The summed E-state index contributed by atoms with van der Waals surface area (Å²) in [6.07, 6.45) is 1.35. The van der Waals surface area contributed by atoms with Crippen LogP contribution in [0.2, 0.25) is 0 Å². The van der Waals surface area contributed by atoms with Gasteiger partial charge in [0.15, 0.2) is 0 Å². The summed E-state index contributed by atoms with van der Waals surface area (Å²) in [4.78, 5) is 32.0. The lowest BCUT2D eigenvalue weighted by Crippen LogP contribution is -2.39. The van der Waals surface area contributed by atoms with Crippen LogP contribution in [0.25, 0.3) is 0 Å². The summed E-state index contributed by atoms with van der Waals surface area (Å²) in [7, 11) is -3.58. The largest absolute Gasteiger partial charge is 0.478 e. The monoisotopic (exact) mass is 279 g/mol. The van der Waals surface area contributed by atoms with Crippen LogP contribution in [0, 0.1) is 0 Å². The summed E-state index contributed by atoms with van der Waals surface area (Å²) in [6, 6.07) is -0.857. The molecule has 0 saturated heterocycles. The second kappa shape index (κ2) is 7.40. The van der Waals surface area contributed by atoms with Crippen molar-refractivity contribution in [3.8, 4) is 0 Å². The second-order valence-corrected chi connectivity index (χ2v) is 4.87. The molecule has 0 rings (SSSR count). The van der Waals surface area contributed by atoms with Gasteiger partial charge >= 0.3 is 12.0 Å². The van der Waals surface area contributed by atoms with Crippen LogP contribution in [0.4, 0.5) is 4.79 Å². The Morgan fingerprint density at radius 2 is 1.83 bits per heavy atom. The van der Waals surface area contributed by atoms with Gasteiger partial charge in [0.25, 0.3) is 5.91 Å². The lowest BCUT2D eigenvalue weighted by atomic mass is 10.4. The van der Waals surface area contributed by atoms with Gasteiger partial charge in [0, 0.05) is 18.7 Å². The zero-order chi connectivity index (χ0) is 14.2. The van der Waals surface area contributed by atoms with Gasteiger partial charge < -0.3 is 10.4 Å². The molecule has 0 aromatic rings. The molecule has 10 heteroatoms. The third-order valence-corrected chi connectivity index (χ3v) is 2.36. The van der Waals surface area contributed by atoms with E-state index in [0.29, 0.717) is 12.2 Å². The van der Waals surface area contributed by atoms with Gasteiger partial charge in [-0.25, -0.2) is 23.1 Å². The van der Waals surface area contributed by atoms with Crippen LogP contribution in [0.1, 0.15) is 6.42 Å². The van der Waals surface area contributed by atoms with Crippen LogP contribution in [0.5, 0.6) is 0 Å². The number of nitrogens with one attached hydrogen (secondary N) is 2. The van der Waals surface area contributed by atoms with E-state index in [1.165, 1.54) is 0 Å². The third-order valence-electron chi connectivity index (χ3n) is 1.51. The molecule has 0 aromatic heterocycles. The molecule has 0 aliphatic heterocycles. The number of hydrogen-bond acceptors (Lipinski definition) is 5. The van der Waals surface area contributed by atoms with E-state index in [1.54, 1.807) is 0 Å². The Morgan fingerprint density at radius 3 is 2.33 bits per heavy atom. The van der Waals surface area contributed by atoms with Gasteiger partial charge in [-0.2, -0.15) is 0 Å². The molecule has 0 radical (unpaired) electrons. The van der Waals surface area contributed by atoms with Crippen molar-refractivity contribution in [1.82, 2.24) is 10.6 Å². The van der Waals surface area contributed by atoms with Crippen molar-refractivity contribution in [1.29, 1.82) is 0 Å². The Labute approximate surface area is 103 Å². The Hall–Kier alpha value is -1.94. The molecule has 0 aromatic carbocycles. The Bertz CT molecular complexity index is 455. The smallest absolute Gasteiger partial charge is 0.328 e. The van der Waals surface area contributed by atoms with Crippen LogP contribution in [-0.2, 0) is 19.6 Å². The molecule has 0 fully saturated rings. The first-order valence-electron chi connectivity index (χ1n) is 4.71. The first-order chi connectivity index (χ1) is 8.20. The molecule has 9 nitrogen and oxygen atoms in total. The number of imide groups is 1. The van der Waals surface area contributed by atoms with Crippen molar-refractivity contribution in [2.24, 2.45) is 5.14 Å². The van der Waals surface area contributed by atoms with Crippen molar-refractivity contribution >= 4 is 27.9 Å². The van der Waals surface area contributed by atoms with Crippen molar-refractivity contribution in [2.75, 3.05) is 12.3 Å². The standard InChI is InChI=1S/C8H13N3O6S/c9-18(16,17)5-1-4-10-8(15)11-6(12)2-3-7(13)14/h2-3H,1,4-5H2,(H,13,14)(H2,9,16,17)(H2,10,11,12,15)/b3-2+. The van der Waals surface area contributed by atoms with Crippen LogP contribution < -0.4 is 15.8 Å². The van der Waals surface area contributed by atoms with E-state index in [9.17, 15) is 22.8 Å². The first-order valence-corrected chi connectivity index (χ1v) is 6.42. The van der Waals surface area contributed by atoms with E-state index in [2.05, 4.69) is 5.32 Å². The maximum absolute atomic E-state index is 11.0. The average Bonchev–Trinajstić information content (AvgIpc) is 2.20. The molecule has 0 unspecified atom stereocenters. The van der Waals surface area contributed by atoms with Gasteiger partial charge in [0.2, 0.25) is 10.0 Å². The first kappa shape index (κ1) is 16.1. The molecule has 0 atom stereocenters. The number of nitrogens with two attached hydrogens (primary N) is 1. The van der Waals surface area contributed by atoms with E-state index in [-0.39, 0.29) is 18.7 Å². The average molecular weight is 279 g/mol. The Kier molecular flexibility index (Phi) is 6.60. The summed E-state index contributed by atoms with van der Waals surface area (Å²) in [5.41, 5.74) is 0. The van der Waals surface area contributed by atoms with Crippen LogP contribution in [0.15, 0.2) is 12.2 Å². The maximum atomic E-state index is 11.0. The van der Waals surface area contributed by atoms with Gasteiger partial charge in [0.1, 0.15) is 0 Å². The summed E-state index contributed by atoms with van der Waals surface area (Å²) in [5, 5.41) is 17.0. The predicted octanol–water partition coefficient (Wildman–Crippen LogP) is -1.87. The molecule has 3 amide bonds. The molecule has 0 spiro atoms. The minimum Gasteiger partial charge on any atom is -0.478 e. The number of amides is 3. The maximum Gasteiger partial charge on any atom is 0.328 e. The number of carboxylic acid groups (broad SMARTS) is 1. The summed E-state index contributed by atoms with van der Waals surface area (Å²) in [6.45, 7) is 0.0121. The number of carbonyl (C=O) groups is 3. The van der Waals surface area contributed by atoms with Crippen molar-refractivity contribution in [2.45, 2.75) is 6.42 Å². The van der Waals surface area contributed by atoms with Gasteiger partial charge in [0.05, 0.1) is 5.75 Å². The highest BCUT2D eigenvalue weighted by atomic mass is 32.2. The van der Waals surface area contributed by atoms with Crippen molar-refractivity contribution in [3.63, 3.8) is 0 Å². The quantitative estimate of drug-likeness (QED) is 0.329. The fourth-order valence-corrected chi connectivity index (χ4v) is 1.37. The van der Waals surface area contributed by atoms with Gasteiger partial charge in [-0.3, -0.25) is 10.1 Å². The lowest BCUT2D eigenvalue weighted by Gasteiger charge is -2.04. The molecule has 18 heavy (non-hydrogen) atoms. The minimum absolute atomic E-state index is 0.0121. The normalized spacial score (nSPS) is 11.2. The van der Waals surface area contributed by atoms with E-state index in [4.69, 9.17) is 10.2 Å². The molecule has 0 saturated carbocycles. The fourth-order valence-electron chi connectivity index (χ4n) is 0.820. The van der Waals surface area contributed by atoms with Crippen LogP contribution >= 0.6 is 0 Å². The van der Waals surface area contributed by atoms with Crippen LogP contribution in [-0.4, -0.2) is 43.7 Å². The van der Waals surface area contributed by atoms with Crippen molar-refractivity contribution < 1.29 is 27.9 Å². The van der Waals surface area contributed by atoms with E-state index >= 15 is 0 Å². The SMILES string of the molecule is NS(=O)(=O)CCCNC(=O)NC(=O)/C=C/C(=O)O. The van der Waals surface area contributed by atoms with E-state index in [0.717, 1.165) is 0 Å². The van der Waals surface area contributed by atoms with E-state index in [1.807, 2.05) is 5.32 Å². The van der Waals surface area contributed by atoms with Crippen molar-refractivity contribution in [3.05, 3.63) is 12.2 Å². The highest BCUT2D eigenvalue weighted by Gasteiger charge is 2.06. The molecule has 102 valence electrons. The zero-order valence-corrected chi connectivity index (χ0v) is 10.1. The summed E-state index contributed by atoms with van der Waals surface area (Å²) < 4.78 is 21.1.